The lowest BCUT2D eigenvalue weighted by molar-refractivity contribution is -0.170. The van der Waals surface area contributed by atoms with E-state index in [0.29, 0.717) is 25.7 Å². The molecule has 0 aromatic heterocycles. The van der Waals surface area contributed by atoms with Crippen LogP contribution in [0.4, 0.5) is 0 Å². The number of esters is 4. The molecular weight excluding hydrogens is 470 g/mol. The van der Waals surface area contributed by atoms with Gasteiger partial charge in [-0.15, -0.1) is 0 Å². The molecule has 210 valence electrons. The van der Waals surface area contributed by atoms with Crippen LogP contribution in [0.2, 0.25) is 0 Å². The summed E-state index contributed by atoms with van der Waals surface area (Å²) in [5.41, 5.74) is -1.15. The van der Waals surface area contributed by atoms with Gasteiger partial charge in [-0.25, -0.2) is 0 Å². The average Bonchev–Trinajstić information content (AvgIpc) is 2.85. The van der Waals surface area contributed by atoms with Gasteiger partial charge in [0.25, 0.3) is 0 Å². The number of ether oxygens (including phenoxy) is 5. The van der Waals surface area contributed by atoms with Crippen LogP contribution in [-0.2, 0) is 42.9 Å². The minimum atomic E-state index is -1.15. The van der Waals surface area contributed by atoms with Crippen LogP contribution in [0.15, 0.2) is 0 Å². The van der Waals surface area contributed by atoms with E-state index in [1.54, 1.807) is 0 Å². The Hall–Kier alpha value is -2.20. The summed E-state index contributed by atoms with van der Waals surface area (Å²) in [7, 11) is 2.11. The number of hydrogen-bond donors (Lipinski definition) is 0. The third-order valence-corrected chi connectivity index (χ3v) is 5.21. The summed E-state index contributed by atoms with van der Waals surface area (Å²) in [6, 6.07) is 0. The average molecular weight is 518 g/mol. The second kappa shape index (κ2) is 20.9. The summed E-state index contributed by atoms with van der Waals surface area (Å²) in [6.07, 6.45) is 3.41. The number of morpholine rings is 1. The first-order valence-electron chi connectivity index (χ1n) is 13.1. The van der Waals surface area contributed by atoms with E-state index in [4.69, 9.17) is 23.7 Å². The molecular formula is C26H47NO9. The van der Waals surface area contributed by atoms with Crippen LogP contribution in [0.5, 0.6) is 0 Å². The fourth-order valence-electron chi connectivity index (χ4n) is 2.94. The van der Waals surface area contributed by atoms with Gasteiger partial charge in [0, 0.05) is 38.8 Å². The van der Waals surface area contributed by atoms with Crippen molar-refractivity contribution < 1.29 is 42.9 Å². The van der Waals surface area contributed by atoms with Gasteiger partial charge in [-0.2, -0.15) is 0 Å². The smallest absolute Gasteiger partial charge is 0.305 e. The monoisotopic (exact) mass is 517 g/mol. The summed E-state index contributed by atoms with van der Waals surface area (Å²) < 4.78 is 26.3. The predicted molar refractivity (Wildman–Crippen MR) is 134 cm³/mol. The normalized spacial score (nSPS) is 13.7. The number of nitrogens with zero attached hydrogens (tertiary/aromatic N) is 1. The van der Waals surface area contributed by atoms with Gasteiger partial charge in [0.1, 0.15) is 31.8 Å². The number of likely N-dealkylation sites (N-methyl/N-ethyl adjacent to an activating group) is 1. The van der Waals surface area contributed by atoms with Crippen LogP contribution in [0, 0.1) is 5.41 Å². The first-order valence-corrected chi connectivity index (χ1v) is 13.1. The molecule has 0 saturated carbocycles. The lowest BCUT2D eigenvalue weighted by Gasteiger charge is -2.31. The zero-order chi connectivity index (χ0) is 27.2. The van der Waals surface area contributed by atoms with Crippen LogP contribution in [0.1, 0.15) is 79.1 Å². The molecule has 0 aromatic rings. The van der Waals surface area contributed by atoms with Crippen molar-refractivity contribution in [1.82, 2.24) is 4.90 Å². The highest BCUT2D eigenvalue weighted by atomic mass is 16.6. The Kier molecular flexibility index (Phi) is 19.7. The molecule has 0 amide bonds. The summed E-state index contributed by atoms with van der Waals surface area (Å²) in [6.45, 7) is 10.6. The fraction of sp³-hybridized carbons (Fsp3) is 0.846. The number of carbonyl (C=O) groups excluding carboxylic acids is 4. The molecule has 0 N–H and O–H groups in total. The Labute approximate surface area is 216 Å². The van der Waals surface area contributed by atoms with E-state index in [9.17, 15) is 19.2 Å². The van der Waals surface area contributed by atoms with Crippen LogP contribution < -0.4 is 0 Å². The number of rotatable bonds is 16. The molecule has 10 heteroatoms. The maximum atomic E-state index is 11.9. The Bertz CT molecular complexity index is 539. The quantitative estimate of drug-likeness (QED) is 0.223. The van der Waals surface area contributed by atoms with Crippen molar-refractivity contribution in [3.63, 3.8) is 0 Å². The van der Waals surface area contributed by atoms with Gasteiger partial charge >= 0.3 is 23.9 Å². The van der Waals surface area contributed by atoms with Crippen LogP contribution >= 0.6 is 0 Å². The molecule has 0 bridgehead atoms. The zero-order valence-corrected chi connectivity index (χ0v) is 22.9. The van der Waals surface area contributed by atoms with Crippen molar-refractivity contribution in [3.05, 3.63) is 0 Å². The second-order valence-electron chi connectivity index (χ2n) is 9.06. The summed E-state index contributed by atoms with van der Waals surface area (Å²) in [5, 5.41) is 0. The van der Waals surface area contributed by atoms with Crippen molar-refractivity contribution in [2.75, 3.05) is 59.8 Å². The topological polar surface area (TPSA) is 118 Å². The molecule has 1 aliphatic heterocycles. The molecule has 1 aliphatic rings. The second-order valence-corrected chi connectivity index (χ2v) is 9.06. The van der Waals surface area contributed by atoms with Gasteiger partial charge in [0.2, 0.25) is 0 Å². The minimum absolute atomic E-state index is 0.190. The predicted octanol–water partition coefficient (Wildman–Crippen LogP) is 3.29. The van der Waals surface area contributed by atoms with Crippen molar-refractivity contribution in [2.45, 2.75) is 79.1 Å². The van der Waals surface area contributed by atoms with E-state index >= 15 is 0 Å². The fourth-order valence-corrected chi connectivity index (χ4v) is 2.94. The third kappa shape index (κ3) is 17.3. The van der Waals surface area contributed by atoms with E-state index < -0.39 is 29.3 Å². The van der Waals surface area contributed by atoms with Gasteiger partial charge in [-0.1, -0.05) is 27.7 Å². The lowest BCUT2D eigenvalue weighted by atomic mass is 9.92. The molecule has 0 radical (unpaired) electrons. The molecule has 1 fully saturated rings. The highest BCUT2D eigenvalue weighted by Gasteiger charge is 2.37. The minimum Gasteiger partial charge on any atom is -0.465 e. The third-order valence-electron chi connectivity index (χ3n) is 5.21. The van der Waals surface area contributed by atoms with Gasteiger partial charge in [0.05, 0.1) is 13.2 Å². The Morgan fingerprint density at radius 2 is 0.889 bits per heavy atom. The van der Waals surface area contributed by atoms with Crippen molar-refractivity contribution >= 4 is 23.9 Å². The van der Waals surface area contributed by atoms with Gasteiger partial charge in [0.15, 0.2) is 0 Å². The molecule has 0 unspecified atom stereocenters. The molecule has 1 saturated heterocycles. The highest BCUT2D eigenvalue weighted by molar-refractivity contribution is 5.71. The van der Waals surface area contributed by atoms with E-state index in [1.165, 1.54) is 0 Å². The Morgan fingerprint density at radius 1 is 0.611 bits per heavy atom. The molecule has 0 spiro atoms. The molecule has 0 aliphatic carbocycles. The van der Waals surface area contributed by atoms with Crippen LogP contribution in [0.3, 0.4) is 0 Å². The molecule has 0 atom stereocenters. The first-order chi connectivity index (χ1) is 17.2. The zero-order valence-electron chi connectivity index (χ0n) is 22.9. The largest absolute Gasteiger partial charge is 0.465 e. The number of carbonyl (C=O) groups is 4. The Balaban J connectivity index is 0.00000148. The molecule has 1 rings (SSSR count). The van der Waals surface area contributed by atoms with Crippen LogP contribution in [0.25, 0.3) is 0 Å². The molecule has 36 heavy (non-hydrogen) atoms. The van der Waals surface area contributed by atoms with E-state index in [-0.39, 0.29) is 52.1 Å². The van der Waals surface area contributed by atoms with E-state index in [0.717, 1.165) is 26.3 Å². The molecule has 1 heterocycles. The lowest BCUT2D eigenvalue weighted by Crippen LogP contribution is -2.44. The molecule has 10 nitrogen and oxygen atoms in total. The highest BCUT2D eigenvalue weighted by Crippen LogP contribution is 2.22. The maximum absolute atomic E-state index is 11.9. The standard InChI is InChI=1S/C21H36O8.C5H11NO/c1-5-9-17(22)26-13-21(14-27-18(23)10-6-2,15-28-19(24)11-7-3)16-29-20(25)12-8-4;1-6-2-4-7-5-3-6/h5-16H2,1-4H3;2-5H2,1H3. The first kappa shape index (κ1) is 33.8. The Morgan fingerprint density at radius 3 is 1.08 bits per heavy atom. The number of hydrogen-bond acceptors (Lipinski definition) is 10. The van der Waals surface area contributed by atoms with Gasteiger partial charge in [-0.3, -0.25) is 19.2 Å². The van der Waals surface area contributed by atoms with Crippen molar-refractivity contribution in [2.24, 2.45) is 5.41 Å². The van der Waals surface area contributed by atoms with E-state index in [2.05, 4.69) is 11.9 Å². The summed E-state index contributed by atoms with van der Waals surface area (Å²) in [4.78, 5) is 49.7. The van der Waals surface area contributed by atoms with Gasteiger partial charge < -0.3 is 28.6 Å². The summed E-state index contributed by atoms with van der Waals surface area (Å²) in [5.74, 6) is -1.68. The van der Waals surface area contributed by atoms with E-state index in [1.807, 2.05) is 27.7 Å². The van der Waals surface area contributed by atoms with Gasteiger partial charge in [-0.05, 0) is 32.7 Å². The van der Waals surface area contributed by atoms with Crippen LogP contribution in [-0.4, -0.2) is 88.6 Å². The van der Waals surface area contributed by atoms with Crippen molar-refractivity contribution in [1.29, 1.82) is 0 Å². The SMILES string of the molecule is CCCC(=O)OCC(COC(=O)CCC)(COC(=O)CCC)COC(=O)CCC.CN1CCOCC1. The summed E-state index contributed by atoms with van der Waals surface area (Å²) >= 11 is 0. The van der Waals surface area contributed by atoms with Crippen molar-refractivity contribution in [3.8, 4) is 0 Å². The maximum Gasteiger partial charge on any atom is 0.305 e. The molecule has 0 aromatic carbocycles.